The van der Waals surface area contributed by atoms with Crippen LogP contribution < -0.4 is 0 Å². The summed E-state index contributed by atoms with van der Waals surface area (Å²) in [7, 11) is 1.26. The molecule has 1 aromatic heterocycles. The van der Waals surface area contributed by atoms with E-state index in [2.05, 4.69) is 0 Å². The first-order valence-electron chi connectivity index (χ1n) is 9.44. The summed E-state index contributed by atoms with van der Waals surface area (Å²) >= 11 is 12.8. The van der Waals surface area contributed by atoms with E-state index < -0.39 is 22.9 Å². The lowest BCUT2D eigenvalue weighted by Gasteiger charge is -2.13. The largest absolute Gasteiger partial charge is 0.465 e. The van der Waals surface area contributed by atoms with Gasteiger partial charge in [0, 0.05) is 16.7 Å². The highest BCUT2D eigenvalue weighted by Crippen LogP contribution is 2.35. The number of rotatable bonds is 5. The van der Waals surface area contributed by atoms with Gasteiger partial charge in [0.25, 0.3) is 11.1 Å². The van der Waals surface area contributed by atoms with Gasteiger partial charge in [0.15, 0.2) is 0 Å². The molecule has 1 fully saturated rings. The average Bonchev–Trinajstić information content (AvgIpc) is 3.35. The number of carbonyl (C=O) groups is 3. The van der Waals surface area contributed by atoms with E-state index in [0.29, 0.717) is 22.6 Å². The van der Waals surface area contributed by atoms with Crippen LogP contribution in [-0.2, 0) is 16.1 Å². The van der Waals surface area contributed by atoms with Crippen LogP contribution in [0.1, 0.15) is 21.7 Å². The molecule has 0 spiro atoms. The Bertz CT molecular complexity index is 1320. The zero-order chi connectivity index (χ0) is 23.7. The van der Waals surface area contributed by atoms with E-state index in [4.69, 9.17) is 32.4 Å². The smallest absolute Gasteiger partial charge is 0.339 e. The number of hydrogen-bond donors (Lipinski definition) is 0. The quantitative estimate of drug-likeness (QED) is 0.294. The molecule has 0 unspecified atom stereocenters. The predicted octanol–water partition coefficient (Wildman–Crippen LogP) is 6.42. The van der Waals surface area contributed by atoms with Crippen LogP contribution in [0.25, 0.3) is 17.4 Å². The minimum absolute atomic E-state index is 0.0778. The van der Waals surface area contributed by atoms with E-state index in [1.54, 1.807) is 24.3 Å². The molecule has 0 atom stereocenters. The molecule has 33 heavy (non-hydrogen) atoms. The second-order valence-electron chi connectivity index (χ2n) is 6.89. The SMILES string of the molecule is COC(=O)c1cc(-c2ccc(/C=C3/SC(=O)N(Cc4ccc(F)cc4Cl)C3=O)o2)ccc1Cl. The van der Waals surface area contributed by atoms with Crippen molar-refractivity contribution in [2.45, 2.75) is 6.54 Å². The third-order valence-corrected chi connectivity index (χ3v) is 6.36. The Kier molecular flexibility index (Phi) is 6.60. The fourth-order valence-corrected chi connectivity index (χ4v) is 4.36. The maximum Gasteiger partial charge on any atom is 0.339 e. The highest BCUT2D eigenvalue weighted by Gasteiger charge is 2.35. The summed E-state index contributed by atoms with van der Waals surface area (Å²) in [5.74, 6) is -0.831. The van der Waals surface area contributed by atoms with Gasteiger partial charge in [-0.2, -0.15) is 0 Å². The summed E-state index contributed by atoms with van der Waals surface area (Å²) in [5, 5.41) is -0.103. The molecule has 0 bridgehead atoms. The maximum absolute atomic E-state index is 13.3. The predicted molar refractivity (Wildman–Crippen MR) is 123 cm³/mol. The van der Waals surface area contributed by atoms with E-state index in [9.17, 15) is 18.8 Å². The molecule has 2 aromatic carbocycles. The number of nitrogens with zero attached hydrogens (tertiary/aromatic N) is 1. The van der Waals surface area contributed by atoms with Crippen LogP contribution in [0.5, 0.6) is 0 Å². The van der Waals surface area contributed by atoms with Crippen molar-refractivity contribution in [2.75, 3.05) is 7.11 Å². The molecular formula is C23H14Cl2FNO5S. The Morgan fingerprint density at radius 2 is 1.91 bits per heavy atom. The zero-order valence-corrected chi connectivity index (χ0v) is 19.3. The van der Waals surface area contributed by atoms with Gasteiger partial charge in [-0.25, -0.2) is 9.18 Å². The number of ether oxygens (including phenoxy) is 1. The summed E-state index contributed by atoms with van der Waals surface area (Å²) in [4.78, 5) is 38.2. The van der Waals surface area contributed by atoms with Gasteiger partial charge in [-0.15, -0.1) is 0 Å². The molecule has 168 valence electrons. The average molecular weight is 506 g/mol. The first-order chi connectivity index (χ1) is 15.8. The van der Waals surface area contributed by atoms with Crippen molar-refractivity contribution in [3.8, 4) is 11.3 Å². The third kappa shape index (κ3) is 4.83. The fourth-order valence-electron chi connectivity index (χ4n) is 3.12. The van der Waals surface area contributed by atoms with E-state index in [0.717, 1.165) is 22.7 Å². The van der Waals surface area contributed by atoms with Crippen molar-refractivity contribution in [3.63, 3.8) is 0 Å². The van der Waals surface area contributed by atoms with Crippen molar-refractivity contribution in [2.24, 2.45) is 0 Å². The number of esters is 1. The number of benzene rings is 2. The number of halogens is 3. The first-order valence-corrected chi connectivity index (χ1v) is 11.0. The third-order valence-electron chi connectivity index (χ3n) is 4.77. The minimum atomic E-state index is -0.580. The van der Waals surface area contributed by atoms with Crippen LogP contribution >= 0.6 is 35.0 Å². The van der Waals surface area contributed by atoms with Gasteiger partial charge in [-0.05, 0) is 59.8 Å². The van der Waals surface area contributed by atoms with E-state index in [-0.39, 0.29) is 27.1 Å². The standard InChI is InChI=1S/C23H14Cl2FNO5S/c1-31-22(29)16-8-12(3-6-17(16)24)19-7-5-15(32-19)10-20-21(28)27(23(30)33-20)11-13-2-4-14(26)9-18(13)25/h2-10H,11H2,1H3/b20-10+. The number of imide groups is 1. The van der Waals surface area contributed by atoms with Crippen molar-refractivity contribution in [3.05, 3.63) is 86.2 Å². The van der Waals surface area contributed by atoms with Gasteiger partial charge in [0.2, 0.25) is 0 Å². The lowest BCUT2D eigenvalue weighted by atomic mass is 10.1. The van der Waals surface area contributed by atoms with E-state index >= 15 is 0 Å². The Balaban J connectivity index is 1.55. The Labute approximate surface area is 201 Å². The maximum atomic E-state index is 13.3. The van der Waals surface area contributed by atoms with Gasteiger partial charge >= 0.3 is 5.97 Å². The van der Waals surface area contributed by atoms with Crippen molar-refractivity contribution in [1.29, 1.82) is 0 Å². The lowest BCUT2D eigenvalue weighted by Crippen LogP contribution is -2.27. The fraction of sp³-hybridized carbons (Fsp3) is 0.0870. The summed E-state index contributed by atoms with van der Waals surface area (Å²) in [6.45, 7) is -0.0778. The van der Waals surface area contributed by atoms with Gasteiger partial charge in [0.1, 0.15) is 17.3 Å². The van der Waals surface area contributed by atoms with E-state index in [1.165, 1.54) is 31.4 Å². The van der Waals surface area contributed by atoms with Crippen LogP contribution in [0.15, 0.2) is 57.9 Å². The molecule has 2 heterocycles. The van der Waals surface area contributed by atoms with Crippen LogP contribution in [0, 0.1) is 5.82 Å². The first kappa shape index (κ1) is 23.1. The van der Waals surface area contributed by atoms with Crippen molar-refractivity contribution in [1.82, 2.24) is 4.90 Å². The number of carbonyl (C=O) groups excluding carboxylic acids is 3. The monoisotopic (exact) mass is 505 g/mol. The second-order valence-corrected chi connectivity index (χ2v) is 8.70. The van der Waals surface area contributed by atoms with Crippen LogP contribution in [0.3, 0.4) is 0 Å². The van der Waals surface area contributed by atoms with Crippen LogP contribution in [0.2, 0.25) is 10.0 Å². The van der Waals surface area contributed by atoms with Crippen molar-refractivity contribution >= 4 is 58.2 Å². The molecular weight excluding hydrogens is 492 g/mol. The molecule has 0 N–H and O–H groups in total. The molecule has 6 nitrogen and oxygen atoms in total. The highest BCUT2D eigenvalue weighted by molar-refractivity contribution is 8.18. The molecule has 2 amide bonds. The molecule has 0 saturated carbocycles. The molecule has 0 radical (unpaired) electrons. The number of amides is 2. The molecule has 1 aliphatic rings. The Hall–Kier alpha value is -3.07. The van der Waals surface area contributed by atoms with Crippen LogP contribution in [-0.4, -0.2) is 29.1 Å². The number of hydrogen-bond acceptors (Lipinski definition) is 6. The molecule has 0 aliphatic carbocycles. The van der Waals surface area contributed by atoms with E-state index in [1.807, 2.05) is 0 Å². The van der Waals surface area contributed by atoms with Gasteiger partial charge in [0.05, 0.1) is 29.1 Å². The van der Waals surface area contributed by atoms with Gasteiger partial charge in [-0.1, -0.05) is 29.3 Å². The number of thioether (sulfide) groups is 1. The number of methoxy groups -OCH3 is 1. The molecule has 10 heteroatoms. The summed E-state index contributed by atoms with van der Waals surface area (Å²) in [6.07, 6.45) is 1.46. The number of furan rings is 1. The minimum Gasteiger partial charge on any atom is -0.465 e. The molecule has 4 rings (SSSR count). The lowest BCUT2D eigenvalue weighted by molar-refractivity contribution is -0.123. The Morgan fingerprint density at radius 3 is 2.64 bits per heavy atom. The highest BCUT2D eigenvalue weighted by atomic mass is 35.5. The van der Waals surface area contributed by atoms with Gasteiger partial charge < -0.3 is 9.15 Å². The van der Waals surface area contributed by atoms with Crippen molar-refractivity contribution < 1.29 is 27.9 Å². The van der Waals surface area contributed by atoms with Gasteiger partial charge in [-0.3, -0.25) is 14.5 Å². The second kappa shape index (κ2) is 9.43. The topological polar surface area (TPSA) is 76.8 Å². The Morgan fingerprint density at radius 1 is 1.12 bits per heavy atom. The zero-order valence-electron chi connectivity index (χ0n) is 16.9. The molecule has 1 saturated heterocycles. The summed E-state index contributed by atoms with van der Waals surface area (Å²) in [5.41, 5.74) is 1.22. The summed E-state index contributed by atoms with van der Waals surface area (Å²) in [6, 6.07) is 11.8. The molecule has 1 aliphatic heterocycles. The molecule has 3 aromatic rings. The van der Waals surface area contributed by atoms with Crippen LogP contribution in [0.4, 0.5) is 9.18 Å². The summed E-state index contributed by atoms with van der Waals surface area (Å²) < 4.78 is 23.8. The normalized spacial score (nSPS) is 14.9.